The number of nitrogens with one attached hydrogen (secondary N) is 1. The number of aliphatic hydroxyl groups is 1. The first-order valence-electron chi connectivity index (χ1n) is 8.27. The first kappa shape index (κ1) is 19.3. The Bertz CT molecular complexity index is 876. The van der Waals surface area contributed by atoms with E-state index in [1.165, 1.54) is 6.92 Å². The molecule has 2 N–H and O–H groups in total. The van der Waals surface area contributed by atoms with Gasteiger partial charge in [0, 0.05) is 12.5 Å². The smallest absolute Gasteiger partial charge is 0.389 e. The maximum absolute atomic E-state index is 14.5. The number of alkyl halides is 3. The second-order valence-corrected chi connectivity index (χ2v) is 6.47. The minimum atomic E-state index is -4.48. The van der Waals surface area contributed by atoms with Gasteiger partial charge in [0.15, 0.2) is 5.82 Å². The average Bonchev–Trinajstić information content (AvgIpc) is 2.87. The second kappa shape index (κ2) is 7.28. The molecule has 3 atom stereocenters. The van der Waals surface area contributed by atoms with E-state index in [-0.39, 0.29) is 23.8 Å². The Morgan fingerprint density at radius 1 is 1.52 bits per heavy atom. The van der Waals surface area contributed by atoms with Gasteiger partial charge in [-0.1, -0.05) is 6.92 Å². The van der Waals surface area contributed by atoms with E-state index < -0.39 is 42.0 Å². The highest BCUT2D eigenvalue weighted by Crippen LogP contribution is 2.34. The van der Waals surface area contributed by atoms with Gasteiger partial charge in [-0.25, -0.2) is 13.9 Å². The number of ether oxygens (including phenoxy) is 1. The zero-order valence-corrected chi connectivity index (χ0v) is 14.3. The number of hydrogen-bond acceptors (Lipinski definition) is 6. The molecule has 0 aromatic carbocycles. The van der Waals surface area contributed by atoms with Crippen molar-refractivity contribution in [1.82, 2.24) is 14.6 Å². The zero-order chi connectivity index (χ0) is 19.8. The fourth-order valence-corrected chi connectivity index (χ4v) is 3.16. The summed E-state index contributed by atoms with van der Waals surface area (Å²) in [5.41, 5.74) is -0.835. The monoisotopic (exact) mass is 387 g/mol. The molecule has 0 bridgehead atoms. The normalized spacial score (nSPS) is 21.8. The number of anilines is 1. The van der Waals surface area contributed by atoms with Crippen LogP contribution in [0.2, 0.25) is 0 Å². The van der Waals surface area contributed by atoms with Crippen molar-refractivity contribution in [3.63, 3.8) is 0 Å². The van der Waals surface area contributed by atoms with Gasteiger partial charge in [-0.05, 0) is 6.42 Å². The molecule has 1 aliphatic rings. The van der Waals surface area contributed by atoms with E-state index in [0.29, 0.717) is 13.0 Å². The fraction of sp³-hybridized carbons (Fsp3) is 0.562. The minimum Gasteiger partial charge on any atom is -0.389 e. The molecule has 1 fully saturated rings. The molecule has 1 saturated heterocycles. The Labute approximate surface area is 151 Å². The van der Waals surface area contributed by atoms with Gasteiger partial charge in [0.05, 0.1) is 37.1 Å². The van der Waals surface area contributed by atoms with Crippen LogP contribution in [-0.4, -0.2) is 51.2 Å². The van der Waals surface area contributed by atoms with Gasteiger partial charge in [-0.2, -0.15) is 18.4 Å². The standard InChI is InChI=1S/C16H17F4N5O2/c1-8(4-16(18,19)20)14-9(5-21)13(17)11-6-22-15(24-25(11)14)23-10-2-3-27-7-12(10)26/h6,8,10,12,26H,2-4,7H2,1H3,(H,23,24)/t8?,10-,12-/m1/s1. The first-order chi connectivity index (χ1) is 12.7. The Morgan fingerprint density at radius 3 is 2.89 bits per heavy atom. The number of fused-ring (bicyclic) bond motifs is 1. The van der Waals surface area contributed by atoms with Crippen LogP contribution in [-0.2, 0) is 4.74 Å². The van der Waals surface area contributed by atoms with Crippen LogP contribution in [0.25, 0.3) is 5.52 Å². The molecule has 1 unspecified atom stereocenters. The molecule has 1 aliphatic heterocycles. The van der Waals surface area contributed by atoms with Gasteiger partial charge in [0.25, 0.3) is 0 Å². The molecule has 3 heterocycles. The maximum atomic E-state index is 14.5. The number of nitrogens with zero attached hydrogens (tertiary/aromatic N) is 4. The van der Waals surface area contributed by atoms with Crippen LogP contribution in [0.15, 0.2) is 6.20 Å². The van der Waals surface area contributed by atoms with Crippen molar-refractivity contribution in [3.8, 4) is 6.07 Å². The molecular weight excluding hydrogens is 370 g/mol. The van der Waals surface area contributed by atoms with E-state index in [9.17, 15) is 27.9 Å². The minimum absolute atomic E-state index is 0.00778. The summed E-state index contributed by atoms with van der Waals surface area (Å²) in [6.45, 7) is 1.80. The zero-order valence-electron chi connectivity index (χ0n) is 14.3. The van der Waals surface area contributed by atoms with Crippen LogP contribution < -0.4 is 5.32 Å². The number of hydrogen-bond donors (Lipinski definition) is 2. The van der Waals surface area contributed by atoms with Crippen molar-refractivity contribution in [3.05, 3.63) is 23.3 Å². The quantitative estimate of drug-likeness (QED) is 0.782. The van der Waals surface area contributed by atoms with Crippen molar-refractivity contribution in [2.24, 2.45) is 0 Å². The number of aliphatic hydroxyl groups excluding tert-OH is 1. The molecule has 146 valence electrons. The van der Waals surface area contributed by atoms with Crippen LogP contribution in [0, 0.1) is 17.1 Å². The number of nitriles is 1. The lowest BCUT2D eigenvalue weighted by molar-refractivity contribution is -0.138. The second-order valence-electron chi connectivity index (χ2n) is 6.47. The largest absolute Gasteiger partial charge is 0.389 e. The topological polar surface area (TPSA) is 95.5 Å². The average molecular weight is 387 g/mol. The molecule has 0 amide bonds. The third-order valence-corrected chi connectivity index (χ3v) is 4.42. The summed E-state index contributed by atoms with van der Waals surface area (Å²) in [7, 11) is 0. The van der Waals surface area contributed by atoms with Crippen molar-refractivity contribution in [2.75, 3.05) is 18.5 Å². The molecular formula is C16H17F4N5O2. The molecule has 7 nitrogen and oxygen atoms in total. The number of aromatic nitrogens is 3. The molecule has 2 aromatic heterocycles. The van der Waals surface area contributed by atoms with Gasteiger partial charge >= 0.3 is 6.18 Å². The van der Waals surface area contributed by atoms with Crippen LogP contribution in [0.3, 0.4) is 0 Å². The Balaban J connectivity index is 2.01. The van der Waals surface area contributed by atoms with E-state index in [2.05, 4.69) is 15.4 Å². The van der Waals surface area contributed by atoms with Crippen molar-refractivity contribution < 1.29 is 27.4 Å². The lowest BCUT2D eigenvalue weighted by atomic mass is 10.0. The highest BCUT2D eigenvalue weighted by molar-refractivity contribution is 5.58. The van der Waals surface area contributed by atoms with Crippen molar-refractivity contribution in [2.45, 2.75) is 44.0 Å². The van der Waals surface area contributed by atoms with E-state index in [1.54, 1.807) is 6.07 Å². The third-order valence-electron chi connectivity index (χ3n) is 4.42. The van der Waals surface area contributed by atoms with Crippen LogP contribution in [0.1, 0.15) is 36.9 Å². The van der Waals surface area contributed by atoms with Gasteiger partial charge in [-0.3, -0.25) is 0 Å². The van der Waals surface area contributed by atoms with Crippen LogP contribution in [0.4, 0.5) is 23.5 Å². The summed E-state index contributed by atoms with van der Waals surface area (Å²) in [6.07, 6.45) is -4.94. The predicted octanol–water partition coefficient (Wildman–Crippen LogP) is 2.36. The number of rotatable bonds is 4. The highest BCUT2D eigenvalue weighted by atomic mass is 19.4. The van der Waals surface area contributed by atoms with Crippen molar-refractivity contribution in [1.29, 1.82) is 5.26 Å². The molecule has 0 aliphatic carbocycles. The van der Waals surface area contributed by atoms with Crippen LogP contribution >= 0.6 is 0 Å². The fourth-order valence-electron chi connectivity index (χ4n) is 3.16. The molecule has 0 saturated carbocycles. The lowest BCUT2D eigenvalue weighted by Gasteiger charge is -2.28. The van der Waals surface area contributed by atoms with Crippen LogP contribution in [0.5, 0.6) is 0 Å². The lowest BCUT2D eigenvalue weighted by Crippen LogP contribution is -2.42. The number of halogens is 4. The van der Waals surface area contributed by atoms with Gasteiger partial charge in [-0.15, -0.1) is 5.10 Å². The maximum Gasteiger partial charge on any atom is 0.389 e. The SMILES string of the molecule is CC(CC(F)(F)F)c1c(C#N)c(F)c2cnc(N[C@@H]3CCOC[C@H]3O)nn12. The Morgan fingerprint density at radius 2 is 2.26 bits per heavy atom. The third kappa shape index (κ3) is 3.96. The van der Waals surface area contributed by atoms with E-state index in [0.717, 1.165) is 10.7 Å². The highest BCUT2D eigenvalue weighted by Gasteiger charge is 2.34. The molecule has 27 heavy (non-hydrogen) atoms. The molecule has 0 radical (unpaired) electrons. The van der Waals surface area contributed by atoms with Crippen molar-refractivity contribution >= 4 is 11.5 Å². The van der Waals surface area contributed by atoms with E-state index in [4.69, 9.17) is 4.74 Å². The molecule has 0 spiro atoms. The van der Waals surface area contributed by atoms with Gasteiger partial charge in [0.1, 0.15) is 17.1 Å². The summed E-state index contributed by atoms with van der Waals surface area (Å²) in [5.74, 6) is -2.14. The predicted molar refractivity (Wildman–Crippen MR) is 85.6 cm³/mol. The first-order valence-corrected chi connectivity index (χ1v) is 8.27. The summed E-state index contributed by atoms with van der Waals surface area (Å²) in [5, 5.41) is 26.1. The van der Waals surface area contributed by atoms with E-state index >= 15 is 0 Å². The Kier molecular flexibility index (Phi) is 5.21. The summed E-state index contributed by atoms with van der Waals surface area (Å²) in [6, 6.07) is 1.21. The molecule has 3 rings (SSSR count). The summed E-state index contributed by atoms with van der Waals surface area (Å²) < 4.78 is 58.9. The van der Waals surface area contributed by atoms with Gasteiger partial charge in [0.2, 0.25) is 5.95 Å². The summed E-state index contributed by atoms with van der Waals surface area (Å²) in [4.78, 5) is 3.95. The Hall–Kier alpha value is -2.45. The van der Waals surface area contributed by atoms with E-state index in [1.807, 2.05) is 0 Å². The molecule has 11 heteroatoms. The molecule has 2 aromatic rings. The van der Waals surface area contributed by atoms with Gasteiger partial charge < -0.3 is 15.2 Å². The summed E-state index contributed by atoms with van der Waals surface area (Å²) >= 11 is 0.